The molecule has 2 N–H and O–H groups in total. The van der Waals surface area contributed by atoms with Crippen molar-refractivity contribution in [3.05, 3.63) is 77.1 Å². The second-order valence-electron chi connectivity index (χ2n) is 8.55. The van der Waals surface area contributed by atoms with Crippen LogP contribution in [0.2, 0.25) is 0 Å². The number of unbranched alkanes of at least 4 members (excludes halogenated alkanes) is 1. The topological polar surface area (TPSA) is 75.6 Å². The molecular weight excluding hydrogens is 478 g/mol. The first-order chi connectivity index (χ1) is 17.0. The lowest BCUT2D eigenvalue weighted by molar-refractivity contribution is -0.145. The van der Waals surface area contributed by atoms with Crippen LogP contribution in [0.25, 0.3) is 10.8 Å². The second kappa shape index (κ2) is 11.0. The molecule has 0 radical (unpaired) electrons. The molecule has 0 fully saturated rings. The molecule has 3 aromatic rings. The lowest BCUT2D eigenvalue weighted by atomic mass is 9.89. The molecule has 1 amide bonds. The molecule has 5 nitrogen and oxygen atoms in total. The van der Waals surface area contributed by atoms with Crippen molar-refractivity contribution in [2.75, 3.05) is 0 Å². The number of nitrogens with one attached hydrogen (secondary N) is 1. The molecule has 0 saturated carbocycles. The van der Waals surface area contributed by atoms with Gasteiger partial charge in [-0.1, -0.05) is 63.1 Å². The number of carbonyl (C=O) groups excluding carboxylic acids is 1. The fourth-order valence-corrected chi connectivity index (χ4v) is 3.97. The van der Waals surface area contributed by atoms with Gasteiger partial charge in [-0.05, 0) is 36.4 Å². The highest BCUT2D eigenvalue weighted by molar-refractivity contribution is 6.05. The summed E-state index contributed by atoms with van der Waals surface area (Å²) in [6, 6.07) is 12.3. The largest absolute Gasteiger partial charge is 0.487 e. The van der Waals surface area contributed by atoms with Gasteiger partial charge in [-0.3, -0.25) is 4.79 Å². The molecule has 9 heteroatoms. The van der Waals surface area contributed by atoms with E-state index in [1.807, 2.05) is 6.92 Å². The summed E-state index contributed by atoms with van der Waals surface area (Å²) in [5.74, 6) is -2.84. The van der Waals surface area contributed by atoms with Gasteiger partial charge < -0.3 is 15.2 Å². The monoisotopic (exact) mass is 505 g/mol. The standard InChI is InChI=1S/C27H27F4NO4/c1-3-5-14-26(4-2,25(34)35)32-24(33)21-13-11-17-8-6-7-9-20(17)23(21)36-16-18-10-12-19(15-22(18)28)27(29,30)31/h6-13,15H,3-5,14,16H2,1-2H3,(H,32,33)(H,34,35). The highest BCUT2D eigenvalue weighted by atomic mass is 19.4. The molecular formula is C27H27F4NO4. The Labute approximate surface area is 206 Å². The number of carboxylic acid groups (broad SMARTS) is 1. The molecule has 3 aromatic carbocycles. The summed E-state index contributed by atoms with van der Waals surface area (Å²) in [5, 5.41) is 13.8. The lowest BCUT2D eigenvalue weighted by Gasteiger charge is -2.30. The normalized spacial score (nSPS) is 13.3. The smallest absolute Gasteiger partial charge is 0.416 e. The van der Waals surface area contributed by atoms with E-state index in [0.29, 0.717) is 23.3 Å². The Morgan fingerprint density at radius 2 is 1.75 bits per heavy atom. The average Bonchev–Trinajstić information content (AvgIpc) is 2.84. The number of halogens is 4. The Morgan fingerprint density at radius 1 is 1.03 bits per heavy atom. The first kappa shape index (κ1) is 27.0. The first-order valence-corrected chi connectivity index (χ1v) is 11.6. The fourth-order valence-electron chi connectivity index (χ4n) is 3.97. The zero-order valence-electron chi connectivity index (χ0n) is 19.9. The van der Waals surface area contributed by atoms with Crippen molar-refractivity contribution in [1.29, 1.82) is 0 Å². The van der Waals surface area contributed by atoms with Gasteiger partial charge in [0.25, 0.3) is 5.91 Å². The number of hydrogen-bond donors (Lipinski definition) is 2. The number of carbonyl (C=O) groups is 2. The first-order valence-electron chi connectivity index (χ1n) is 11.6. The zero-order chi connectivity index (χ0) is 26.5. The zero-order valence-corrected chi connectivity index (χ0v) is 19.9. The third kappa shape index (κ3) is 5.78. The molecule has 192 valence electrons. The Bertz CT molecular complexity index is 1260. The predicted molar refractivity (Wildman–Crippen MR) is 127 cm³/mol. The third-order valence-corrected chi connectivity index (χ3v) is 6.20. The van der Waals surface area contributed by atoms with Crippen LogP contribution in [-0.2, 0) is 17.6 Å². The van der Waals surface area contributed by atoms with E-state index in [0.717, 1.165) is 18.6 Å². The van der Waals surface area contributed by atoms with Gasteiger partial charge in [0.1, 0.15) is 23.7 Å². The summed E-state index contributed by atoms with van der Waals surface area (Å²) >= 11 is 0. The summed E-state index contributed by atoms with van der Waals surface area (Å²) < 4.78 is 58.9. The van der Waals surface area contributed by atoms with Crippen LogP contribution in [0.15, 0.2) is 54.6 Å². The van der Waals surface area contributed by atoms with Gasteiger partial charge in [0.15, 0.2) is 0 Å². The minimum Gasteiger partial charge on any atom is -0.487 e. The maximum atomic E-state index is 14.4. The van der Waals surface area contributed by atoms with Crippen LogP contribution in [0.1, 0.15) is 61.0 Å². The summed E-state index contributed by atoms with van der Waals surface area (Å²) in [5.41, 5.74) is -2.68. The van der Waals surface area contributed by atoms with Crippen LogP contribution in [0.5, 0.6) is 5.75 Å². The van der Waals surface area contributed by atoms with Crippen LogP contribution >= 0.6 is 0 Å². The van der Waals surface area contributed by atoms with E-state index in [1.165, 1.54) is 6.07 Å². The summed E-state index contributed by atoms with van der Waals surface area (Å²) in [6.45, 7) is 3.15. The number of amides is 1. The van der Waals surface area contributed by atoms with Crippen LogP contribution < -0.4 is 10.1 Å². The Balaban J connectivity index is 1.98. The van der Waals surface area contributed by atoms with Gasteiger partial charge in [0.05, 0.1) is 11.1 Å². The maximum Gasteiger partial charge on any atom is 0.416 e. The van der Waals surface area contributed by atoms with Gasteiger partial charge in [0, 0.05) is 10.9 Å². The summed E-state index contributed by atoms with van der Waals surface area (Å²) in [4.78, 5) is 25.4. The molecule has 0 heterocycles. The van der Waals surface area contributed by atoms with Gasteiger partial charge in [-0.2, -0.15) is 13.2 Å². The van der Waals surface area contributed by atoms with Gasteiger partial charge in [-0.25, -0.2) is 9.18 Å². The number of hydrogen-bond acceptors (Lipinski definition) is 3. The number of carboxylic acids is 1. The van der Waals surface area contributed by atoms with E-state index in [2.05, 4.69) is 5.32 Å². The number of benzene rings is 3. The highest BCUT2D eigenvalue weighted by Gasteiger charge is 2.38. The SMILES string of the molecule is CCCCC(CC)(NC(=O)c1ccc2ccccc2c1OCc1ccc(C(F)(F)F)cc1F)C(=O)O. The number of rotatable bonds is 10. The van der Waals surface area contributed by atoms with Gasteiger partial charge >= 0.3 is 12.1 Å². The Morgan fingerprint density at radius 3 is 2.36 bits per heavy atom. The second-order valence-corrected chi connectivity index (χ2v) is 8.55. The van der Waals surface area contributed by atoms with Gasteiger partial charge in [-0.15, -0.1) is 0 Å². The van der Waals surface area contributed by atoms with Crippen molar-refractivity contribution in [3.63, 3.8) is 0 Å². The lowest BCUT2D eigenvalue weighted by Crippen LogP contribution is -2.54. The summed E-state index contributed by atoms with van der Waals surface area (Å²) in [6.07, 6.45) is -2.95. The predicted octanol–water partition coefficient (Wildman–Crippen LogP) is 6.73. The quantitative estimate of drug-likeness (QED) is 0.300. The molecule has 0 saturated heterocycles. The molecule has 36 heavy (non-hydrogen) atoms. The van der Waals surface area contributed by atoms with E-state index in [1.54, 1.807) is 37.3 Å². The molecule has 0 aliphatic rings. The number of alkyl halides is 3. The minimum absolute atomic E-state index is 0.0385. The molecule has 0 aliphatic carbocycles. The van der Waals surface area contributed by atoms with E-state index < -0.39 is 41.6 Å². The van der Waals surface area contributed by atoms with Crippen LogP contribution in [-0.4, -0.2) is 22.5 Å². The highest BCUT2D eigenvalue weighted by Crippen LogP contribution is 2.33. The average molecular weight is 506 g/mol. The van der Waals surface area contributed by atoms with Gasteiger partial charge in [0.2, 0.25) is 0 Å². The molecule has 1 unspecified atom stereocenters. The van der Waals surface area contributed by atoms with E-state index >= 15 is 0 Å². The van der Waals surface area contributed by atoms with Crippen LogP contribution in [0.4, 0.5) is 17.6 Å². The molecule has 3 rings (SSSR count). The number of aliphatic carboxylic acids is 1. The van der Waals surface area contributed by atoms with Crippen LogP contribution in [0.3, 0.4) is 0 Å². The van der Waals surface area contributed by atoms with E-state index in [9.17, 15) is 32.3 Å². The van der Waals surface area contributed by atoms with Crippen molar-refractivity contribution >= 4 is 22.6 Å². The van der Waals surface area contributed by atoms with Crippen LogP contribution in [0, 0.1) is 5.82 Å². The molecule has 1 atom stereocenters. The Kier molecular flexibility index (Phi) is 8.22. The number of ether oxygens (including phenoxy) is 1. The Hall–Kier alpha value is -3.62. The van der Waals surface area contributed by atoms with Crippen molar-refractivity contribution in [3.8, 4) is 5.75 Å². The van der Waals surface area contributed by atoms with Crippen molar-refractivity contribution in [1.82, 2.24) is 5.32 Å². The van der Waals surface area contributed by atoms with E-state index in [-0.39, 0.29) is 29.7 Å². The third-order valence-electron chi connectivity index (χ3n) is 6.20. The van der Waals surface area contributed by atoms with Crippen molar-refractivity contribution < 1.29 is 37.0 Å². The van der Waals surface area contributed by atoms with Crippen molar-refractivity contribution in [2.45, 2.75) is 57.9 Å². The fraction of sp³-hybridized carbons (Fsp3) is 0.333. The molecule has 0 bridgehead atoms. The minimum atomic E-state index is -4.69. The number of fused-ring (bicyclic) bond motifs is 1. The van der Waals surface area contributed by atoms with E-state index in [4.69, 9.17) is 4.74 Å². The molecule has 0 aliphatic heterocycles. The molecule has 0 aromatic heterocycles. The maximum absolute atomic E-state index is 14.4. The van der Waals surface area contributed by atoms with Crippen molar-refractivity contribution in [2.24, 2.45) is 0 Å². The molecule has 0 spiro atoms. The summed E-state index contributed by atoms with van der Waals surface area (Å²) in [7, 11) is 0.